The number of halogens is 1. The molecule has 1 atom stereocenters. The zero-order valence-electron chi connectivity index (χ0n) is 14.8. The maximum absolute atomic E-state index is 11.3. The summed E-state index contributed by atoms with van der Waals surface area (Å²) in [7, 11) is 1.46. The van der Waals surface area contributed by atoms with Crippen LogP contribution in [0.25, 0.3) is 0 Å². The first-order valence-electron chi connectivity index (χ1n) is 7.82. The van der Waals surface area contributed by atoms with E-state index in [9.17, 15) is 4.79 Å². The molecule has 4 nitrogen and oxygen atoms in total. The van der Waals surface area contributed by atoms with Crippen molar-refractivity contribution in [2.45, 2.75) is 80.8 Å². The third-order valence-corrected chi connectivity index (χ3v) is 4.20. The number of carbonyl (C=O) groups is 1. The molecule has 0 amide bonds. The number of aromatic nitrogens is 1. The van der Waals surface area contributed by atoms with Gasteiger partial charge in [-0.15, -0.1) is 0 Å². The van der Waals surface area contributed by atoms with E-state index in [1.165, 1.54) is 7.11 Å². The summed E-state index contributed by atoms with van der Waals surface area (Å²) in [5.74, 6) is 0.429. The Morgan fingerprint density at radius 3 is 2.19 bits per heavy atom. The SMILES string of the molecule is C.C.C.CC(C)c1cccc(Br)n1.COC(=O)C1CCCN1C(C)C.[Y]. The van der Waals surface area contributed by atoms with Gasteiger partial charge < -0.3 is 4.74 Å². The van der Waals surface area contributed by atoms with Gasteiger partial charge in [-0.2, -0.15) is 0 Å². The molecule has 26 heavy (non-hydrogen) atoms. The van der Waals surface area contributed by atoms with Crippen LogP contribution in [0.3, 0.4) is 0 Å². The number of hydrogen-bond donors (Lipinski definition) is 0. The molecular weight excluding hydrogens is 469 g/mol. The van der Waals surface area contributed by atoms with Gasteiger partial charge in [0.2, 0.25) is 0 Å². The fourth-order valence-corrected chi connectivity index (χ4v) is 2.90. The van der Waals surface area contributed by atoms with Gasteiger partial charge in [0, 0.05) is 44.4 Å². The second-order valence-corrected chi connectivity index (χ2v) is 6.87. The largest absolute Gasteiger partial charge is 0.468 e. The molecule has 1 radical (unpaired) electrons. The van der Waals surface area contributed by atoms with Gasteiger partial charge in [0.05, 0.1) is 7.11 Å². The first-order valence-corrected chi connectivity index (χ1v) is 8.62. The van der Waals surface area contributed by atoms with Crippen LogP contribution in [0.5, 0.6) is 0 Å². The minimum Gasteiger partial charge on any atom is -0.468 e. The van der Waals surface area contributed by atoms with E-state index in [1.54, 1.807) is 0 Å². The molecule has 0 aromatic carbocycles. The van der Waals surface area contributed by atoms with E-state index < -0.39 is 0 Å². The summed E-state index contributed by atoms with van der Waals surface area (Å²) in [6, 6.07) is 6.43. The predicted molar refractivity (Wildman–Crippen MR) is 113 cm³/mol. The van der Waals surface area contributed by atoms with Crippen LogP contribution in [0.1, 0.15) is 74.4 Å². The van der Waals surface area contributed by atoms with Gasteiger partial charge >= 0.3 is 5.97 Å². The Bertz CT molecular complexity index is 485. The molecule has 1 fully saturated rings. The van der Waals surface area contributed by atoms with Crippen LogP contribution in [0.2, 0.25) is 0 Å². The molecule has 1 saturated heterocycles. The number of hydrogen-bond acceptors (Lipinski definition) is 4. The molecule has 0 N–H and O–H groups in total. The molecule has 2 heterocycles. The summed E-state index contributed by atoms with van der Waals surface area (Å²) in [5, 5.41) is 0. The number of carbonyl (C=O) groups excluding carboxylic acids is 1. The number of rotatable bonds is 3. The predicted octanol–water partition coefficient (Wildman–Crippen LogP) is 5.91. The van der Waals surface area contributed by atoms with Gasteiger partial charge in [-0.25, -0.2) is 4.98 Å². The van der Waals surface area contributed by atoms with Gasteiger partial charge in [0.25, 0.3) is 0 Å². The Balaban J connectivity index is -0.000000163. The number of ether oxygens (including phenoxy) is 1. The standard InChI is InChI=1S/C9H17NO2.C8H10BrN.3CH4.Y/c1-7(2)10-6-4-5-8(10)9(11)12-3;1-6(2)7-4-3-5-8(9)10-7;;;;/h7-8H,4-6H2,1-3H3;3-6H,1-2H3;3*1H4;. The van der Waals surface area contributed by atoms with Crippen LogP contribution < -0.4 is 0 Å². The first-order chi connectivity index (χ1) is 10.4. The third-order valence-electron chi connectivity index (χ3n) is 3.76. The van der Waals surface area contributed by atoms with E-state index in [4.69, 9.17) is 4.74 Å². The number of pyridine rings is 1. The van der Waals surface area contributed by atoms with Gasteiger partial charge in [-0.05, 0) is 67.2 Å². The molecule has 1 aromatic rings. The minimum atomic E-state index is -0.0822. The number of likely N-dealkylation sites (tertiary alicyclic amines) is 1. The van der Waals surface area contributed by atoms with Crippen molar-refractivity contribution in [3.63, 3.8) is 0 Å². The van der Waals surface area contributed by atoms with Crippen molar-refractivity contribution in [1.82, 2.24) is 9.88 Å². The molecule has 2 rings (SSSR count). The molecule has 0 saturated carbocycles. The van der Waals surface area contributed by atoms with E-state index in [2.05, 4.69) is 53.5 Å². The van der Waals surface area contributed by atoms with Crippen LogP contribution in [-0.2, 0) is 42.2 Å². The third kappa shape index (κ3) is 11.1. The average Bonchev–Trinajstić information content (AvgIpc) is 2.96. The first kappa shape index (κ1) is 33.7. The van der Waals surface area contributed by atoms with E-state index in [0.29, 0.717) is 12.0 Å². The fourth-order valence-electron chi connectivity index (χ4n) is 2.54. The molecule has 1 aromatic heterocycles. The monoisotopic (exact) mass is 507 g/mol. The smallest absolute Gasteiger partial charge is 0.323 e. The van der Waals surface area contributed by atoms with Gasteiger partial charge in [0.1, 0.15) is 10.6 Å². The van der Waals surface area contributed by atoms with Gasteiger partial charge in [0.15, 0.2) is 0 Å². The van der Waals surface area contributed by atoms with Gasteiger partial charge in [-0.3, -0.25) is 9.69 Å². The van der Waals surface area contributed by atoms with Crippen molar-refractivity contribution in [2.75, 3.05) is 13.7 Å². The van der Waals surface area contributed by atoms with Crippen molar-refractivity contribution in [2.24, 2.45) is 0 Å². The number of nitrogens with zero attached hydrogens (tertiary/aromatic N) is 2. The topological polar surface area (TPSA) is 42.4 Å². The Hall–Kier alpha value is 0.164. The maximum Gasteiger partial charge on any atom is 0.323 e. The van der Waals surface area contributed by atoms with Crippen molar-refractivity contribution in [3.05, 3.63) is 28.5 Å². The molecular formula is C20H39BrN2O2Y. The number of methoxy groups -OCH3 is 1. The van der Waals surface area contributed by atoms with E-state index >= 15 is 0 Å². The maximum atomic E-state index is 11.3. The molecule has 1 aliphatic heterocycles. The Morgan fingerprint density at radius 1 is 1.23 bits per heavy atom. The van der Waals surface area contributed by atoms with Crippen molar-refractivity contribution >= 4 is 21.9 Å². The molecule has 1 unspecified atom stereocenters. The van der Waals surface area contributed by atoms with E-state index in [1.807, 2.05) is 18.2 Å². The van der Waals surface area contributed by atoms with Crippen molar-refractivity contribution in [3.8, 4) is 0 Å². The quantitative estimate of drug-likeness (QED) is 0.377. The van der Waals surface area contributed by atoms with Crippen LogP contribution in [0.15, 0.2) is 22.8 Å². The fraction of sp³-hybridized carbons (Fsp3) is 0.700. The molecule has 0 bridgehead atoms. The summed E-state index contributed by atoms with van der Waals surface area (Å²) in [4.78, 5) is 17.8. The molecule has 151 valence electrons. The number of esters is 1. The van der Waals surface area contributed by atoms with Crippen molar-refractivity contribution in [1.29, 1.82) is 0 Å². The summed E-state index contributed by atoms with van der Waals surface area (Å²) in [6.07, 6.45) is 2.06. The van der Waals surface area contributed by atoms with Crippen LogP contribution >= 0.6 is 15.9 Å². The normalized spacial score (nSPS) is 15.5. The summed E-state index contributed by atoms with van der Waals surface area (Å²) in [5.41, 5.74) is 1.13. The van der Waals surface area contributed by atoms with Gasteiger partial charge in [-0.1, -0.05) is 42.2 Å². The Kier molecular flexibility index (Phi) is 22.4. The van der Waals surface area contributed by atoms with Crippen molar-refractivity contribution < 1.29 is 42.2 Å². The second-order valence-electron chi connectivity index (χ2n) is 6.05. The van der Waals surface area contributed by atoms with Crippen LogP contribution in [0.4, 0.5) is 0 Å². The minimum absolute atomic E-state index is 0. The molecule has 6 heteroatoms. The zero-order chi connectivity index (χ0) is 16.7. The Labute approximate surface area is 195 Å². The summed E-state index contributed by atoms with van der Waals surface area (Å²) in [6.45, 7) is 9.52. The zero-order valence-corrected chi connectivity index (χ0v) is 19.2. The molecule has 0 spiro atoms. The summed E-state index contributed by atoms with van der Waals surface area (Å²) < 4.78 is 5.65. The molecule has 0 aliphatic carbocycles. The Morgan fingerprint density at radius 2 is 1.81 bits per heavy atom. The average molecular weight is 508 g/mol. The van der Waals surface area contributed by atoms with Crippen LogP contribution in [-0.4, -0.2) is 41.6 Å². The van der Waals surface area contributed by atoms with Crippen LogP contribution in [0, 0.1) is 0 Å². The summed E-state index contributed by atoms with van der Waals surface area (Å²) >= 11 is 3.32. The second kappa shape index (κ2) is 17.3. The van der Waals surface area contributed by atoms with E-state index in [0.717, 1.165) is 29.7 Å². The van der Waals surface area contributed by atoms with E-state index in [-0.39, 0.29) is 67.0 Å². The molecule has 1 aliphatic rings.